The second-order valence-electron chi connectivity index (χ2n) is 6.08. The predicted octanol–water partition coefficient (Wildman–Crippen LogP) is 1.48. The number of likely N-dealkylation sites (N-methyl/N-ethyl adjacent to an activating group) is 1. The SMILES string of the molecule is Cc1cc(S(=O)(=O)Nc2ccc(N3CCN(C)CC3)nn2)ccc1F. The molecule has 134 valence electrons. The number of hydrogen-bond acceptors (Lipinski definition) is 6. The lowest BCUT2D eigenvalue weighted by Gasteiger charge is -2.32. The van der Waals surface area contributed by atoms with Gasteiger partial charge in [-0.2, -0.15) is 0 Å². The molecule has 0 atom stereocenters. The average Bonchev–Trinajstić information content (AvgIpc) is 2.58. The number of rotatable bonds is 4. The van der Waals surface area contributed by atoms with Crippen LogP contribution in [0.1, 0.15) is 5.56 Å². The quantitative estimate of drug-likeness (QED) is 0.884. The van der Waals surface area contributed by atoms with Crippen LogP contribution in [0.4, 0.5) is 16.0 Å². The normalized spacial score (nSPS) is 16.0. The summed E-state index contributed by atoms with van der Waals surface area (Å²) in [6, 6.07) is 6.95. The fourth-order valence-electron chi connectivity index (χ4n) is 2.56. The fraction of sp³-hybridized carbons (Fsp3) is 0.375. The smallest absolute Gasteiger partial charge is 0.263 e. The third kappa shape index (κ3) is 4.05. The summed E-state index contributed by atoms with van der Waals surface area (Å²) in [7, 11) is -1.77. The van der Waals surface area contributed by atoms with E-state index in [1.165, 1.54) is 19.1 Å². The van der Waals surface area contributed by atoms with E-state index in [0.29, 0.717) is 5.82 Å². The Kier molecular flexibility index (Phi) is 4.87. The standard InChI is InChI=1S/C16H20FN5O2S/c1-12-11-13(3-4-14(12)17)25(23,24)20-15-5-6-16(19-18-15)22-9-7-21(2)8-10-22/h3-6,11H,7-10H2,1-2H3,(H,18,20). The molecule has 1 aromatic heterocycles. The maximum Gasteiger partial charge on any atom is 0.263 e. The van der Waals surface area contributed by atoms with Crippen LogP contribution in [0.15, 0.2) is 35.2 Å². The van der Waals surface area contributed by atoms with E-state index in [2.05, 4.69) is 31.8 Å². The number of anilines is 2. The molecule has 0 bridgehead atoms. The van der Waals surface area contributed by atoms with Crippen LogP contribution in [-0.4, -0.2) is 56.7 Å². The van der Waals surface area contributed by atoms with Gasteiger partial charge in [0.2, 0.25) is 0 Å². The molecule has 0 saturated carbocycles. The summed E-state index contributed by atoms with van der Waals surface area (Å²) >= 11 is 0. The molecule has 2 aromatic rings. The lowest BCUT2D eigenvalue weighted by molar-refractivity contribution is 0.312. The Morgan fingerprint density at radius 3 is 2.40 bits per heavy atom. The number of hydrogen-bond donors (Lipinski definition) is 1. The molecule has 1 aromatic carbocycles. The molecule has 3 rings (SSSR count). The van der Waals surface area contributed by atoms with Crippen molar-refractivity contribution in [3.05, 3.63) is 41.7 Å². The van der Waals surface area contributed by atoms with Gasteiger partial charge in [0, 0.05) is 26.2 Å². The van der Waals surface area contributed by atoms with Crippen LogP contribution in [0.3, 0.4) is 0 Å². The molecule has 7 nitrogen and oxygen atoms in total. The minimum atomic E-state index is -3.84. The van der Waals surface area contributed by atoms with E-state index in [0.717, 1.165) is 32.2 Å². The lowest BCUT2D eigenvalue weighted by Crippen LogP contribution is -2.44. The van der Waals surface area contributed by atoms with Crippen LogP contribution >= 0.6 is 0 Å². The van der Waals surface area contributed by atoms with Crippen LogP contribution in [0, 0.1) is 12.7 Å². The summed E-state index contributed by atoms with van der Waals surface area (Å²) in [6.45, 7) is 5.11. The van der Waals surface area contributed by atoms with E-state index in [1.54, 1.807) is 12.1 Å². The number of benzene rings is 1. The molecule has 0 aliphatic carbocycles. The summed E-state index contributed by atoms with van der Waals surface area (Å²) in [5, 5.41) is 8.06. The summed E-state index contributed by atoms with van der Waals surface area (Å²) < 4.78 is 40.4. The van der Waals surface area contributed by atoms with Gasteiger partial charge in [-0.05, 0) is 49.9 Å². The molecular formula is C16H20FN5O2S. The van der Waals surface area contributed by atoms with Gasteiger partial charge in [-0.15, -0.1) is 10.2 Å². The molecule has 1 saturated heterocycles. The minimum Gasteiger partial charge on any atom is -0.353 e. The van der Waals surface area contributed by atoms with Crippen molar-refractivity contribution >= 4 is 21.7 Å². The lowest BCUT2D eigenvalue weighted by atomic mass is 10.2. The monoisotopic (exact) mass is 365 g/mol. The van der Waals surface area contributed by atoms with Gasteiger partial charge >= 0.3 is 0 Å². The number of nitrogens with one attached hydrogen (secondary N) is 1. The van der Waals surface area contributed by atoms with Crippen molar-refractivity contribution in [3.63, 3.8) is 0 Å². The van der Waals surface area contributed by atoms with Crippen LogP contribution in [0.25, 0.3) is 0 Å². The summed E-state index contributed by atoms with van der Waals surface area (Å²) in [5.41, 5.74) is 0.263. The summed E-state index contributed by atoms with van der Waals surface area (Å²) in [6.07, 6.45) is 0. The van der Waals surface area contributed by atoms with Gasteiger partial charge in [-0.1, -0.05) is 0 Å². The van der Waals surface area contributed by atoms with Crippen molar-refractivity contribution in [2.75, 3.05) is 42.8 Å². The Morgan fingerprint density at radius 1 is 1.08 bits per heavy atom. The number of aromatic nitrogens is 2. The van der Waals surface area contributed by atoms with Crippen molar-refractivity contribution < 1.29 is 12.8 Å². The van der Waals surface area contributed by atoms with Gasteiger partial charge in [-0.3, -0.25) is 4.72 Å². The molecule has 25 heavy (non-hydrogen) atoms. The number of sulfonamides is 1. The molecule has 1 aliphatic heterocycles. The third-order valence-electron chi connectivity index (χ3n) is 4.16. The molecule has 0 amide bonds. The molecule has 9 heteroatoms. The first-order valence-corrected chi connectivity index (χ1v) is 9.40. The van der Waals surface area contributed by atoms with Crippen LogP contribution in [0.5, 0.6) is 0 Å². The largest absolute Gasteiger partial charge is 0.353 e. The Hall–Kier alpha value is -2.26. The first kappa shape index (κ1) is 17.6. The highest BCUT2D eigenvalue weighted by atomic mass is 32.2. The van der Waals surface area contributed by atoms with E-state index < -0.39 is 15.8 Å². The van der Waals surface area contributed by atoms with E-state index in [4.69, 9.17) is 0 Å². The number of nitrogens with zero attached hydrogens (tertiary/aromatic N) is 4. The zero-order valence-electron chi connectivity index (χ0n) is 14.1. The van der Waals surface area contributed by atoms with Crippen LogP contribution in [-0.2, 0) is 10.0 Å². The van der Waals surface area contributed by atoms with Gasteiger partial charge < -0.3 is 9.80 Å². The highest BCUT2D eigenvalue weighted by Gasteiger charge is 2.18. The maximum atomic E-state index is 13.3. The zero-order chi connectivity index (χ0) is 18.0. The Bertz CT molecular complexity index is 849. The molecule has 0 spiro atoms. The molecule has 2 heterocycles. The molecule has 1 fully saturated rings. The third-order valence-corrected chi connectivity index (χ3v) is 5.51. The number of halogens is 1. The number of piperazine rings is 1. The van der Waals surface area contributed by atoms with E-state index in [1.807, 2.05) is 0 Å². The zero-order valence-corrected chi connectivity index (χ0v) is 14.9. The van der Waals surface area contributed by atoms with Gasteiger partial charge in [0.1, 0.15) is 5.82 Å². The number of aryl methyl sites for hydroxylation is 1. The first-order valence-electron chi connectivity index (χ1n) is 7.91. The Morgan fingerprint density at radius 2 is 1.80 bits per heavy atom. The van der Waals surface area contributed by atoms with Gasteiger partial charge in [0.05, 0.1) is 4.90 Å². The average molecular weight is 365 g/mol. The minimum absolute atomic E-state index is 0.0173. The van der Waals surface area contributed by atoms with Crippen LogP contribution < -0.4 is 9.62 Å². The van der Waals surface area contributed by atoms with Gasteiger partial charge in [0.25, 0.3) is 10.0 Å². The predicted molar refractivity (Wildman–Crippen MR) is 93.7 cm³/mol. The second-order valence-corrected chi connectivity index (χ2v) is 7.77. The van der Waals surface area contributed by atoms with Crippen molar-refractivity contribution in [1.29, 1.82) is 0 Å². The Labute approximate surface area is 146 Å². The summed E-state index contributed by atoms with van der Waals surface area (Å²) in [4.78, 5) is 4.32. The van der Waals surface area contributed by atoms with E-state index in [-0.39, 0.29) is 16.3 Å². The van der Waals surface area contributed by atoms with E-state index >= 15 is 0 Å². The topological polar surface area (TPSA) is 78.4 Å². The van der Waals surface area contributed by atoms with Crippen molar-refractivity contribution in [1.82, 2.24) is 15.1 Å². The van der Waals surface area contributed by atoms with Crippen LogP contribution in [0.2, 0.25) is 0 Å². The van der Waals surface area contributed by atoms with Gasteiger partial charge in [-0.25, -0.2) is 12.8 Å². The molecule has 1 N–H and O–H groups in total. The Balaban J connectivity index is 1.73. The van der Waals surface area contributed by atoms with Crippen molar-refractivity contribution in [2.45, 2.75) is 11.8 Å². The summed E-state index contributed by atoms with van der Waals surface area (Å²) in [5.74, 6) is 0.392. The fourth-order valence-corrected chi connectivity index (χ4v) is 3.65. The van der Waals surface area contributed by atoms with E-state index in [9.17, 15) is 12.8 Å². The van der Waals surface area contributed by atoms with Crippen molar-refractivity contribution in [2.24, 2.45) is 0 Å². The first-order chi connectivity index (χ1) is 11.8. The highest BCUT2D eigenvalue weighted by Crippen LogP contribution is 2.19. The molecule has 1 aliphatic rings. The van der Waals surface area contributed by atoms with Crippen molar-refractivity contribution in [3.8, 4) is 0 Å². The van der Waals surface area contributed by atoms with Gasteiger partial charge in [0.15, 0.2) is 11.6 Å². The molecule has 0 radical (unpaired) electrons. The second kappa shape index (κ2) is 6.93. The highest BCUT2D eigenvalue weighted by molar-refractivity contribution is 7.92. The molecular weight excluding hydrogens is 345 g/mol. The maximum absolute atomic E-state index is 13.3. The molecule has 0 unspecified atom stereocenters.